The summed E-state index contributed by atoms with van der Waals surface area (Å²) < 4.78 is 5.18. The Labute approximate surface area is 86.6 Å². The van der Waals surface area contributed by atoms with Crippen molar-refractivity contribution >= 4 is 22.1 Å². The van der Waals surface area contributed by atoms with Gasteiger partial charge in [-0.2, -0.15) is 0 Å². The molecule has 0 amide bonds. The number of nitroso groups, excluding NO2 is 1. The van der Waals surface area contributed by atoms with E-state index in [0.29, 0.717) is 16.8 Å². The predicted molar refractivity (Wildman–Crippen MR) is 60.4 cm³/mol. The second-order valence-corrected chi connectivity index (χ2v) is 3.15. The van der Waals surface area contributed by atoms with Gasteiger partial charge in [0, 0.05) is 16.8 Å². The zero-order chi connectivity index (χ0) is 10.8. The molecule has 0 radical (unpaired) electrons. The number of nitrogens with zero attached hydrogens (tertiary/aromatic N) is 1. The summed E-state index contributed by atoms with van der Waals surface area (Å²) in [7, 11) is 1.56. The third kappa shape index (κ3) is 1.40. The van der Waals surface area contributed by atoms with Gasteiger partial charge in [0.25, 0.3) is 0 Å². The van der Waals surface area contributed by atoms with Gasteiger partial charge in [0.15, 0.2) is 0 Å². The van der Waals surface area contributed by atoms with Crippen LogP contribution in [0.3, 0.4) is 0 Å². The highest BCUT2D eigenvalue weighted by Gasteiger charge is 2.10. The molecule has 2 rings (SSSR count). The lowest BCUT2D eigenvalue weighted by molar-refractivity contribution is 0.420. The molecule has 2 aromatic rings. The second-order valence-electron chi connectivity index (χ2n) is 3.15. The van der Waals surface area contributed by atoms with E-state index in [1.54, 1.807) is 19.2 Å². The van der Waals surface area contributed by atoms with Crippen molar-refractivity contribution in [3.05, 3.63) is 35.2 Å². The van der Waals surface area contributed by atoms with Gasteiger partial charge in [-0.25, -0.2) is 0 Å². The minimum absolute atomic E-state index is 0.270. The van der Waals surface area contributed by atoms with E-state index >= 15 is 0 Å². The number of hydrogen-bond acceptors (Lipinski definition) is 4. The molecule has 0 saturated carbocycles. The maximum Gasteiger partial charge on any atom is 0.138 e. The number of hydrogen-bond donors (Lipinski definition) is 1. The summed E-state index contributed by atoms with van der Waals surface area (Å²) in [6.45, 7) is 0. The lowest BCUT2D eigenvalue weighted by Crippen LogP contribution is -1.91. The Hall–Kier alpha value is -2.10. The highest BCUT2D eigenvalue weighted by molar-refractivity contribution is 6.01. The highest BCUT2D eigenvalue weighted by atomic mass is 16.5. The summed E-state index contributed by atoms with van der Waals surface area (Å²) in [5.41, 5.74) is 6.30. The molecule has 4 heteroatoms. The number of rotatable bonds is 2. The summed E-state index contributed by atoms with van der Waals surface area (Å²) in [6.07, 6.45) is 0. The van der Waals surface area contributed by atoms with Crippen LogP contribution in [0.5, 0.6) is 5.75 Å². The summed E-state index contributed by atoms with van der Waals surface area (Å²) in [4.78, 5) is 10.7. The zero-order valence-corrected chi connectivity index (χ0v) is 8.23. The van der Waals surface area contributed by atoms with E-state index < -0.39 is 0 Å². The summed E-state index contributed by atoms with van der Waals surface area (Å²) in [6, 6.07) is 8.97. The molecule has 2 N–H and O–H groups in total. The molecule has 0 atom stereocenters. The van der Waals surface area contributed by atoms with Crippen LogP contribution in [-0.4, -0.2) is 7.11 Å². The first kappa shape index (κ1) is 9.45. The molecule has 4 nitrogen and oxygen atoms in total. The van der Waals surface area contributed by atoms with E-state index in [1.807, 2.05) is 18.2 Å². The van der Waals surface area contributed by atoms with Crippen LogP contribution in [0.25, 0.3) is 10.8 Å². The van der Waals surface area contributed by atoms with Crippen LogP contribution < -0.4 is 10.5 Å². The first-order valence-corrected chi connectivity index (χ1v) is 4.46. The van der Waals surface area contributed by atoms with E-state index in [0.717, 1.165) is 5.39 Å². The number of methoxy groups -OCH3 is 1. The largest absolute Gasteiger partial charge is 0.496 e. The average molecular weight is 202 g/mol. The van der Waals surface area contributed by atoms with E-state index in [4.69, 9.17) is 10.5 Å². The van der Waals surface area contributed by atoms with Crippen molar-refractivity contribution in [3.63, 3.8) is 0 Å². The second kappa shape index (κ2) is 3.57. The van der Waals surface area contributed by atoms with Gasteiger partial charge < -0.3 is 10.5 Å². The predicted octanol–water partition coefficient (Wildman–Crippen LogP) is 2.83. The molecular weight excluding hydrogens is 192 g/mol. The van der Waals surface area contributed by atoms with Gasteiger partial charge in [0.05, 0.1) is 12.8 Å². The number of nitrogen functional groups attached to an aromatic ring is 1. The molecule has 0 aliphatic heterocycles. The van der Waals surface area contributed by atoms with Crippen LogP contribution in [-0.2, 0) is 0 Å². The van der Waals surface area contributed by atoms with Crippen molar-refractivity contribution in [1.82, 2.24) is 0 Å². The van der Waals surface area contributed by atoms with Crippen LogP contribution in [0.2, 0.25) is 0 Å². The molecule has 0 saturated heterocycles. The molecule has 0 fully saturated rings. The Morgan fingerprint density at radius 2 is 1.93 bits per heavy atom. The van der Waals surface area contributed by atoms with Gasteiger partial charge in [-0.3, -0.25) is 0 Å². The minimum Gasteiger partial charge on any atom is -0.496 e. The molecule has 2 aromatic carbocycles. The van der Waals surface area contributed by atoms with Crippen molar-refractivity contribution in [2.45, 2.75) is 0 Å². The van der Waals surface area contributed by atoms with Gasteiger partial charge in [0.2, 0.25) is 0 Å². The Kier molecular flexibility index (Phi) is 2.25. The molecule has 0 spiro atoms. The molecular formula is C11H10N2O2. The third-order valence-electron chi connectivity index (χ3n) is 2.32. The van der Waals surface area contributed by atoms with Crippen LogP contribution in [0.1, 0.15) is 0 Å². The third-order valence-corrected chi connectivity index (χ3v) is 2.32. The fraction of sp³-hybridized carbons (Fsp3) is 0.0909. The smallest absolute Gasteiger partial charge is 0.138 e. The molecule has 0 heterocycles. The van der Waals surface area contributed by atoms with Gasteiger partial charge in [-0.05, 0) is 5.18 Å². The molecule has 0 bridgehead atoms. The lowest BCUT2D eigenvalue weighted by atomic mass is 10.1. The summed E-state index contributed by atoms with van der Waals surface area (Å²) >= 11 is 0. The SMILES string of the molecule is COc1cc(N)c(N=O)c2ccccc12. The normalized spacial score (nSPS) is 10.2. The highest BCUT2D eigenvalue weighted by Crippen LogP contribution is 2.37. The standard InChI is InChI=1S/C11H10N2O2/c1-15-10-6-9(12)11(13-14)8-5-3-2-4-7(8)10/h2-6H,12H2,1H3. The number of nitrogens with two attached hydrogens (primary N) is 1. The average Bonchev–Trinajstić information content (AvgIpc) is 2.28. The van der Waals surface area contributed by atoms with Crippen molar-refractivity contribution in [2.75, 3.05) is 12.8 Å². The quantitative estimate of drug-likeness (QED) is 0.601. The zero-order valence-electron chi connectivity index (χ0n) is 8.23. The molecule has 0 unspecified atom stereocenters. The topological polar surface area (TPSA) is 64.7 Å². The monoisotopic (exact) mass is 202 g/mol. The van der Waals surface area contributed by atoms with Crippen molar-refractivity contribution in [2.24, 2.45) is 5.18 Å². The van der Waals surface area contributed by atoms with E-state index in [1.165, 1.54) is 0 Å². The van der Waals surface area contributed by atoms with Crippen molar-refractivity contribution in [1.29, 1.82) is 0 Å². The van der Waals surface area contributed by atoms with Crippen LogP contribution in [0.15, 0.2) is 35.5 Å². The van der Waals surface area contributed by atoms with Crippen LogP contribution in [0.4, 0.5) is 11.4 Å². The number of anilines is 1. The number of fused-ring (bicyclic) bond motifs is 1. The van der Waals surface area contributed by atoms with E-state index in [9.17, 15) is 4.91 Å². The Balaban J connectivity index is 2.92. The summed E-state index contributed by atoms with van der Waals surface area (Å²) in [5.74, 6) is 0.649. The molecule has 76 valence electrons. The summed E-state index contributed by atoms with van der Waals surface area (Å²) in [5, 5.41) is 4.49. The van der Waals surface area contributed by atoms with Crippen molar-refractivity contribution in [3.8, 4) is 5.75 Å². The molecule has 0 aromatic heterocycles. The van der Waals surface area contributed by atoms with Gasteiger partial charge in [-0.1, -0.05) is 24.3 Å². The first-order chi connectivity index (χ1) is 7.27. The van der Waals surface area contributed by atoms with Crippen LogP contribution in [0, 0.1) is 4.91 Å². The maximum atomic E-state index is 10.7. The van der Waals surface area contributed by atoms with Gasteiger partial charge in [0.1, 0.15) is 11.4 Å². The Morgan fingerprint density at radius 1 is 1.27 bits per heavy atom. The maximum absolute atomic E-state index is 10.7. The van der Waals surface area contributed by atoms with Crippen LogP contribution >= 0.6 is 0 Å². The number of benzene rings is 2. The van der Waals surface area contributed by atoms with Gasteiger partial charge in [-0.15, -0.1) is 4.91 Å². The van der Waals surface area contributed by atoms with Crippen molar-refractivity contribution < 1.29 is 4.74 Å². The Morgan fingerprint density at radius 3 is 2.53 bits per heavy atom. The Bertz CT molecular complexity index is 523. The fourth-order valence-corrected chi connectivity index (χ4v) is 1.62. The minimum atomic E-state index is 0.270. The molecule has 0 aliphatic carbocycles. The molecule has 0 aliphatic rings. The molecule has 15 heavy (non-hydrogen) atoms. The van der Waals surface area contributed by atoms with Gasteiger partial charge >= 0.3 is 0 Å². The number of ether oxygens (including phenoxy) is 1. The first-order valence-electron chi connectivity index (χ1n) is 4.46. The van der Waals surface area contributed by atoms with E-state index in [2.05, 4.69) is 5.18 Å². The fourth-order valence-electron chi connectivity index (χ4n) is 1.62. The van der Waals surface area contributed by atoms with E-state index in [-0.39, 0.29) is 5.69 Å². The lowest BCUT2D eigenvalue weighted by Gasteiger charge is -2.08.